The van der Waals surface area contributed by atoms with Crippen LogP contribution in [-0.2, 0) is 14.3 Å². The van der Waals surface area contributed by atoms with Crippen LogP contribution in [0.1, 0.15) is 26.7 Å². The van der Waals surface area contributed by atoms with Gasteiger partial charge in [-0.05, 0) is 13.3 Å². The van der Waals surface area contributed by atoms with Crippen molar-refractivity contribution in [3.63, 3.8) is 0 Å². The molecular formula is C9H15NO4. The lowest BCUT2D eigenvalue weighted by Gasteiger charge is -2.14. The van der Waals surface area contributed by atoms with E-state index in [1.165, 1.54) is 0 Å². The summed E-state index contributed by atoms with van der Waals surface area (Å²) in [6.45, 7) is 4.00. The number of carbonyl (C=O) groups is 2. The molecule has 5 heteroatoms. The molecule has 0 aliphatic carbocycles. The summed E-state index contributed by atoms with van der Waals surface area (Å²) in [7, 11) is 0. The zero-order valence-electron chi connectivity index (χ0n) is 8.41. The van der Waals surface area contributed by atoms with Gasteiger partial charge in [0, 0.05) is 0 Å². The molecule has 1 aliphatic rings. The third-order valence-electron chi connectivity index (χ3n) is 2.02. The third kappa shape index (κ3) is 2.37. The summed E-state index contributed by atoms with van der Waals surface area (Å²) in [5.41, 5.74) is 0. The van der Waals surface area contributed by atoms with Crippen LogP contribution >= 0.6 is 0 Å². The van der Waals surface area contributed by atoms with Gasteiger partial charge >= 0.3 is 12.1 Å². The van der Waals surface area contributed by atoms with E-state index in [4.69, 9.17) is 9.47 Å². The van der Waals surface area contributed by atoms with Crippen LogP contribution in [0.15, 0.2) is 0 Å². The summed E-state index contributed by atoms with van der Waals surface area (Å²) >= 11 is 0. The first-order chi connectivity index (χ1) is 6.69. The fourth-order valence-electron chi connectivity index (χ4n) is 1.41. The summed E-state index contributed by atoms with van der Waals surface area (Å²) in [6, 6.07) is -0.637. The number of hydrogen-bond donors (Lipinski definition) is 1. The zero-order chi connectivity index (χ0) is 10.6. The second-order valence-electron chi connectivity index (χ2n) is 3.11. The van der Waals surface area contributed by atoms with Gasteiger partial charge in [-0.2, -0.15) is 0 Å². The van der Waals surface area contributed by atoms with Crippen LogP contribution in [0.2, 0.25) is 0 Å². The Kier molecular flexibility index (Phi) is 3.73. The molecule has 80 valence electrons. The van der Waals surface area contributed by atoms with E-state index in [1.807, 2.05) is 6.92 Å². The molecule has 5 nitrogen and oxygen atoms in total. The number of cyclic esters (lactones) is 1. The highest BCUT2D eigenvalue weighted by atomic mass is 16.6. The van der Waals surface area contributed by atoms with E-state index in [1.54, 1.807) is 6.92 Å². The lowest BCUT2D eigenvalue weighted by Crippen LogP contribution is -2.40. The van der Waals surface area contributed by atoms with Gasteiger partial charge in [-0.25, -0.2) is 9.59 Å². The minimum absolute atomic E-state index is 0.310. The van der Waals surface area contributed by atoms with Crippen molar-refractivity contribution in [3.05, 3.63) is 0 Å². The second kappa shape index (κ2) is 4.83. The van der Waals surface area contributed by atoms with Gasteiger partial charge in [0.15, 0.2) is 6.04 Å². The molecule has 0 saturated carbocycles. The highest BCUT2D eigenvalue weighted by molar-refractivity contribution is 5.84. The van der Waals surface area contributed by atoms with Crippen LogP contribution in [0.4, 0.5) is 4.79 Å². The minimum Gasteiger partial charge on any atom is -0.464 e. The molecule has 1 N–H and O–H groups in total. The largest absolute Gasteiger partial charge is 0.464 e. The molecule has 1 aliphatic heterocycles. The van der Waals surface area contributed by atoms with Crippen molar-refractivity contribution in [1.29, 1.82) is 0 Å². The van der Waals surface area contributed by atoms with E-state index in [9.17, 15) is 9.59 Å². The van der Waals surface area contributed by atoms with E-state index in [0.29, 0.717) is 13.0 Å². The Bertz CT molecular complexity index is 229. The van der Waals surface area contributed by atoms with E-state index in [-0.39, 0.29) is 6.10 Å². The molecular weight excluding hydrogens is 186 g/mol. The van der Waals surface area contributed by atoms with E-state index in [2.05, 4.69) is 5.32 Å². The smallest absolute Gasteiger partial charge is 0.408 e. The van der Waals surface area contributed by atoms with E-state index in [0.717, 1.165) is 6.42 Å². The van der Waals surface area contributed by atoms with Crippen LogP contribution in [0.3, 0.4) is 0 Å². The molecule has 1 amide bonds. The number of rotatable bonds is 4. The van der Waals surface area contributed by atoms with Crippen LogP contribution in [-0.4, -0.2) is 30.8 Å². The Balaban J connectivity index is 2.56. The normalized spacial score (nSPS) is 25.4. The quantitative estimate of drug-likeness (QED) is 0.684. The molecule has 1 saturated heterocycles. The van der Waals surface area contributed by atoms with E-state index < -0.39 is 18.1 Å². The number of carbonyl (C=O) groups excluding carboxylic acids is 2. The molecule has 0 aromatic heterocycles. The topological polar surface area (TPSA) is 64.6 Å². The molecule has 1 fully saturated rings. The fraction of sp³-hybridized carbons (Fsp3) is 0.778. The van der Waals surface area contributed by atoms with Crippen LogP contribution in [0.5, 0.6) is 0 Å². The molecule has 2 atom stereocenters. The summed E-state index contributed by atoms with van der Waals surface area (Å²) < 4.78 is 9.75. The van der Waals surface area contributed by atoms with Gasteiger partial charge in [0.1, 0.15) is 6.10 Å². The minimum atomic E-state index is -0.637. The van der Waals surface area contributed by atoms with Gasteiger partial charge in [0.25, 0.3) is 0 Å². The van der Waals surface area contributed by atoms with Crippen molar-refractivity contribution >= 4 is 12.1 Å². The maximum atomic E-state index is 11.4. The third-order valence-corrected chi connectivity index (χ3v) is 2.02. The number of alkyl carbamates (subject to hydrolysis) is 1. The standard InChI is InChI=1S/C9H15NO4/c1-3-5-6-7(8(11)13-4-2)10-9(12)14-6/h6-7H,3-5H2,1-2H3,(H,10,12). The molecule has 2 unspecified atom stereocenters. The maximum absolute atomic E-state index is 11.4. The fourth-order valence-corrected chi connectivity index (χ4v) is 1.41. The molecule has 1 heterocycles. The van der Waals surface area contributed by atoms with Crippen LogP contribution in [0, 0.1) is 0 Å². The lowest BCUT2D eigenvalue weighted by atomic mass is 10.1. The van der Waals surface area contributed by atoms with Gasteiger partial charge in [0.05, 0.1) is 6.61 Å². The first-order valence-corrected chi connectivity index (χ1v) is 4.82. The predicted octanol–water partition coefficient (Wildman–Crippen LogP) is 0.827. The van der Waals surface area contributed by atoms with Crippen molar-refractivity contribution in [1.82, 2.24) is 5.32 Å². The Morgan fingerprint density at radius 3 is 2.86 bits per heavy atom. The Morgan fingerprint density at radius 1 is 1.57 bits per heavy atom. The summed E-state index contributed by atoms with van der Waals surface area (Å²) in [6.07, 6.45) is 0.602. The highest BCUT2D eigenvalue weighted by Crippen LogP contribution is 2.15. The number of esters is 1. The van der Waals surface area contributed by atoms with Crippen LogP contribution in [0.25, 0.3) is 0 Å². The molecule has 0 spiro atoms. The number of nitrogens with one attached hydrogen (secondary N) is 1. The maximum Gasteiger partial charge on any atom is 0.408 e. The molecule has 14 heavy (non-hydrogen) atoms. The molecule has 0 radical (unpaired) electrons. The number of hydrogen-bond acceptors (Lipinski definition) is 4. The molecule has 0 aromatic carbocycles. The van der Waals surface area contributed by atoms with Gasteiger partial charge in [-0.3, -0.25) is 0 Å². The second-order valence-corrected chi connectivity index (χ2v) is 3.11. The summed E-state index contributed by atoms with van der Waals surface area (Å²) in [5.74, 6) is -0.420. The van der Waals surface area contributed by atoms with Gasteiger partial charge in [-0.15, -0.1) is 0 Å². The van der Waals surface area contributed by atoms with Crippen LogP contribution < -0.4 is 5.32 Å². The van der Waals surface area contributed by atoms with E-state index >= 15 is 0 Å². The van der Waals surface area contributed by atoms with Crippen molar-refractivity contribution < 1.29 is 19.1 Å². The van der Waals surface area contributed by atoms with Gasteiger partial charge < -0.3 is 14.8 Å². The highest BCUT2D eigenvalue weighted by Gasteiger charge is 2.39. The SMILES string of the molecule is CCCC1OC(=O)NC1C(=O)OCC. The Hall–Kier alpha value is -1.26. The first-order valence-electron chi connectivity index (χ1n) is 4.82. The van der Waals surface area contributed by atoms with Gasteiger partial charge in [0.2, 0.25) is 0 Å². The van der Waals surface area contributed by atoms with Crippen molar-refractivity contribution in [3.8, 4) is 0 Å². The summed E-state index contributed by atoms with van der Waals surface area (Å²) in [5, 5.41) is 2.44. The zero-order valence-corrected chi connectivity index (χ0v) is 8.41. The summed E-state index contributed by atoms with van der Waals surface area (Å²) in [4.78, 5) is 22.3. The lowest BCUT2D eigenvalue weighted by molar-refractivity contribution is -0.146. The molecule has 0 aromatic rings. The van der Waals surface area contributed by atoms with Crippen molar-refractivity contribution in [2.75, 3.05) is 6.61 Å². The average Bonchev–Trinajstić information content (AvgIpc) is 2.48. The Labute approximate surface area is 82.8 Å². The monoisotopic (exact) mass is 201 g/mol. The number of ether oxygens (including phenoxy) is 2. The van der Waals surface area contributed by atoms with Crippen molar-refractivity contribution in [2.24, 2.45) is 0 Å². The first kappa shape index (κ1) is 10.8. The molecule has 1 rings (SSSR count). The number of amides is 1. The van der Waals surface area contributed by atoms with Gasteiger partial charge in [-0.1, -0.05) is 13.3 Å². The van der Waals surface area contributed by atoms with Crippen molar-refractivity contribution in [2.45, 2.75) is 38.8 Å². The predicted molar refractivity (Wildman–Crippen MR) is 48.7 cm³/mol. The average molecular weight is 201 g/mol. The molecule has 0 bridgehead atoms. The Morgan fingerprint density at radius 2 is 2.29 bits per heavy atom.